The molecule has 0 aliphatic carbocycles. The molecule has 2 aromatic rings. The normalized spacial score (nSPS) is 10.2. The molecule has 1 N–H and O–H groups in total. The first kappa shape index (κ1) is 15.0. The zero-order valence-electron chi connectivity index (χ0n) is 10.3. The van der Waals surface area contributed by atoms with Gasteiger partial charge in [-0.05, 0) is 40.2 Å². The minimum atomic E-state index is -1.01. The van der Waals surface area contributed by atoms with Crippen LogP contribution in [0.1, 0.15) is 10.4 Å². The predicted octanol–water partition coefficient (Wildman–Crippen LogP) is 3.89. The number of anilines is 1. The van der Waals surface area contributed by atoms with Crippen LogP contribution in [0.4, 0.5) is 20.2 Å². The van der Waals surface area contributed by atoms with Crippen molar-refractivity contribution in [2.75, 3.05) is 5.32 Å². The quantitative estimate of drug-likeness (QED) is 0.669. The second-order valence-corrected chi connectivity index (χ2v) is 4.86. The summed E-state index contributed by atoms with van der Waals surface area (Å²) >= 11 is 2.96. The first-order valence-corrected chi connectivity index (χ1v) is 6.38. The Morgan fingerprint density at radius 3 is 2.43 bits per heavy atom. The molecule has 0 radical (unpaired) electrons. The Morgan fingerprint density at radius 1 is 1.14 bits per heavy atom. The third-order valence-electron chi connectivity index (χ3n) is 2.59. The van der Waals surface area contributed by atoms with Gasteiger partial charge in [0.2, 0.25) is 0 Å². The van der Waals surface area contributed by atoms with E-state index in [2.05, 4.69) is 21.2 Å². The molecular weight excluding hydrogens is 350 g/mol. The van der Waals surface area contributed by atoms with Gasteiger partial charge in [-0.25, -0.2) is 8.78 Å². The van der Waals surface area contributed by atoms with Gasteiger partial charge in [-0.2, -0.15) is 0 Å². The van der Waals surface area contributed by atoms with Crippen LogP contribution in [-0.2, 0) is 0 Å². The van der Waals surface area contributed by atoms with E-state index in [1.54, 1.807) is 0 Å². The summed E-state index contributed by atoms with van der Waals surface area (Å²) in [6, 6.07) is 6.46. The third-order valence-corrected chi connectivity index (χ3v) is 3.19. The van der Waals surface area contributed by atoms with Gasteiger partial charge < -0.3 is 5.32 Å². The molecule has 0 aliphatic heterocycles. The Balaban J connectivity index is 2.24. The third kappa shape index (κ3) is 3.40. The van der Waals surface area contributed by atoms with Crippen molar-refractivity contribution < 1.29 is 18.5 Å². The second-order valence-electron chi connectivity index (χ2n) is 4.00. The number of non-ortho nitro benzene ring substituents is 1. The van der Waals surface area contributed by atoms with Crippen molar-refractivity contribution in [1.29, 1.82) is 0 Å². The van der Waals surface area contributed by atoms with E-state index < -0.39 is 28.2 Å². The number of hydrogen-bond donors (Lipinski definition) is 1. The van der Waals surface area contributed by atoms with Gasteiger partial charge in [0, 0.05) is 11.8 Å². The molecule has 2 aromatic carbocycles. The molecule has 2 rings (SSSR count). The van der Waals surface area contributed by atoms with Crippen LogP contribution >= 0.6 is 15.9 Å². The van der Waals surface area contributed by atoms with Crippen LogP contribution in [0.2, 0.25) is 0 Å². The van der Waals surface area contributed by atoms with Crippen LogP contribution in [0.15, 0.2) is 40.9 Å². The van der Waals surface area contributed by atoms with Crippen LogP contribution in [0.25, 0.3) is 0 Å². The smallest absolute Gasteiger partial charge is 0.272 e. The number of amides is 1. The minimum Gasteiger partial charge on any atom is -0.322 e. The van der Waals surface area contributed by atoms with E-state index in [0.29, 0.717) is 6.07 Å². The van der Waals surface area contributed by atoms with Crippen molar-refractivity contribution in [3.05, 3.63) is 68.2 Å². The molecule has 0 saturated heterocycles. The lowest BCUT2D eigenvalue weighted by molar-refractivity contribution is -0.385. The van der Waals surface area contributed by atoms with Gasteiger partial charge in [-0.15, -0.1) is 0 Å². The first-order chi connectivity index (χ1) is 9.88. The molecular formula is C13H7BrF2N2O3. The highest BCUT2D eigenvalue weighted by Gasteiger charge is 2.16. The van der Waals surface area contributed by atoms with Gasteiger partial charge in [0.05, 0.1) is 21.0 Å². The summed E-state index contributed by atoms with van der Waals surface area (Å²) < 4.78 is 26.9. The minimum absolute atomic E-state index is 0.143. The molecule has 0 bridgehead atoms. The predicted molar refractivity (Wildman–Crippen MR) is 75.1 cm³/mol. The number of carbonyl (C=O) groups excluding carboxylic acids is 1. The van der Waals surface area contributed by atoms with E-state index >= 15 is 0 Å². The molecule has 0 spiro atoms. The number of nitro groups is 1. The zero-order valence-corrected chi connectivity index (χ0v) is 11.9. The number of hydrogen-bond acceptors (Lipinski definition) is 3. The Bertz CT molecular complexity index is 737. The summed E-state index contributed by atoms with van der Waals surface area (Å²) in [6.07, 6.45) is 0. The van der Waals surface area contributed by atoms with Crippen molar-refractivity contribution in [1.82, 2.24) is 0 Å². The van der Waals surface area contributed by atoms with Crippen LogP contribution in [0.3, 0.4) is 0 Å². The molecule has 108 valence electrons. The Hall–Kier alpha value is -2.35. The number of halogens is 3. The highest BCUT2D eigenvalue weighted by molar-refractivity contribution is 9.10. The van der Waals surface area contributed by atoms with E-state index in [9.17, 15) is 23.7 Å². The van der Waals surface area contributed by atoms with E-state index in [1.807, 2.05) is 0 Å². The molecule has 0 fully saturated rings. The summed E-state index contributed by atoms with van der Waals surface area (Å²) in [5, 5.41) is 12.9. The van der Waals surface area contributed by atoms with Crippen molar-refractivity contribution in [2.24, 2.45) is 0 Å². The highest BCUT2D eigenvalue weighted by Crippen LogP contribution is 2.22. The van der Waals surface area contributed by atoms with Gasteiger partial charge in [-0.1, -0.05) is 0 Å². The molecule has 5 nitrogen and oxygen atoms in total. The molecule has 1 amide bonds. The maximum atomic E-state index is 13.7. The van der Waals surface area contributed by atoms with E-state index in [4.69, 9.17) is 0 Å². The van der Waals surface area contributed by atoms with E-state index in [0.717, 1.165) is 18.2 Å². The summed E-state index contributed by atoms with van der Waals surface area (Å²) in [6.45, 7) is 0. The fourth-order valence-corrected chi connectivity index (χ4v) is 1.95. The lowest BCUT2D eigenvalue weighted by atomic mass is 10.1. The summed E-state index contributed by atoms with van der Waals surface area (Å²) in [4.78, 5) is 21.6. The fraction of sp³-hybridized carbons (Fsp3) is 0. The Labute approximate surface area is 125 Å². The standard InChI is InChI=1S/C13H7BrF2N2O3/c14-10-5-7(1-4-11(10)15)17-13(19)9-3-2-8(18(20)21)6-12(9)16/h1-6H,(H,17,19). The molecule has 0 unspecified atom stereocenters. The van der Waals surface area contributed by atoms with Gasteiger partial charge in [-0.3, -0.25) is 14.9 Å². The highest BCUT2D eigenvalue weighted by atomic mass is 79.9. The SMILES string of the molecule is O=C(Nc1ccc(F)c(Br)c1)c1ccc([N+](=O)[O-])cc1F. The maximum absolute atomic E-state index is 13.7. The van der Waals surface area contributed by atoms with Crippen LogP contribution in [0.5, 0.6) is 0 Å². The topological polar surface area (TPSA) is 72.2 Å². The van der Waals surface area contributed by atoms with Crippen LogP contribution < -0.4 is 5.32 Å². The molecule has 0 aliphatic rings. The molecule has 21 heavy (non-hydrogen) atoms. The molecule has 8 heteroatoms. The van der Waals surface area contributed by atoms with Gasteiger partial charge >= 0.3 is 0 Å². The average molecular weight is 357 g/mol. The lowest BCUT2D eigenvalue weighted by Gasteiger charge is -2.07. The maximum Gasteiger partial charge on any atom is 0.272 e. The van der Waals surface area contributed by atoms with Crippen molar-refractivity contribution >= 4 is 33.2 Å². The number of nitrogens with one attached hydrogen (secondary N) is 1. The van der Waals surface area contributed by atoms with Crippen molar-refractivity contribution in [3.8, 4) is 0 Å². The Morgan fingerprint density at radius 2 is 1.86 bits per heavy atom. The number of nitrogens with zero attached hydrogens (tertiary/aromatic N) is 1. The molecule has 0 saturated carbocycles. The Kier molecular flexibility index (Phi) is 4.27. The number of nitro benzene ring substituents is 1. The van der Waals surface area contributed by atoms with Gasteiger partial charge in [0.15, 0.2) is 0 Å². The van der Waals surface area contributed by atoms with Crippen LogP contribution in [0, 0.1) is 21.7 Å². The fourth-order valence-electron chi connectivity index (χ4n) is 1.57. The van der Waals surface area contributed by atoms with Crippen molar-refractivity contribution in [2.45, 2.75) is 0 Å². The zero-order chi connectivity index (χ0) is 15.6. The van der Waals surface area contributed by atoms with Crippen molar-refractivity contribution in [3.63, 3.8) is 0 Å². The van der Waals surface area contributed by atoms with E-state index in [1.165, 1.54) is 12.1 Å². The first-order valence-electron chi connectivity index (χ1n) is 5.59. The number of benzene rings is 2. The molecule has 0 atom stereocenters. The average Bonchev–Trinajstić information content (AvgIpc) is 2.42. The van der Waals surface area contributed by atoms with E-state index in [-0.39, 0.29) is 15.7 Å². The summed E-state index contributed by atoms with van der Waals surface area (Å²) in [7, 11) is 0. The second kappa shape index (κ2) is 5.96. The van der Waals surface area contributed by atoms with Gasteiger partial charge in [0.25, 0.3) is 11.6 Å². The summed E-state index contributed by atoms with van der Waals surface area (Å²) in [5.74, 6) is -2.31. The largest absolute Gasteiger partial charge is 0.322 e. The lowest BCUT2D eigenvalue weighted by Crippen LogP contribution is -2.14. The number of carbonyl (C=O) groups is 1. The molecule has 0 heterocycles. The summed E-state index contributed by atoms with van der Waals surface area (Å²) in [5.41, 5.74) is -0.541. The number of rotatable bonds is 3. The monoisotopic (exact) mass is 356 g/mol. The van der Waals surface area contributed by atoms with Gasteiger partial charge in [0.1, 0.15) is 11.6 Å². The molecule has 0 aromatic heterocycles. The van der Waals surface area contributed by atoms with Crippen LogP contribution in [-0.4, -0.2) is 10.8 Å².